The van der Waals surface area contributed by atoms with Crippen molar-refractivity contribution in [3.05, 3.63) is 22.2 Å². The van der Waals surface area contributed by atoms with E-state index in [2.05, 4.69) is 24.1 Å². The van der Waals surface area contributed by atoms with Crippen LogP contribution in [0.1, 0.15) is 26.7 Å². The molecule has 0 heterocycles. The highest BCUT2D eigenvalue weighted by atomic mass is 35.5. The molecule has 1 unspecified atom stereocenters. The number of hydrogen-bond donors (Lipinski definition) is 2. The fourth-order valence-corrected chi connectivity index (χ4v) is 2.56. The van der Waals surface area contributed by atoms with Gasteiger partial charge in [0.1, 0.15) is 0 Å². The third-order valence-corrected chi connectivity index (χ3v) is 3.97. The largest absolute Gasteiger partial charge is 0.399 e. The maximum Gasteiger partial charge on any atom is 0.225 e. The Morgan fingerprint density at radius 1 is 1.38 bits per heavy atom. The lowest BCUT2D eigenvalue weighted by molar-refractivity contribution is -0.116. The zero-order valence-electron chi connectivity index (χ0n) is 12.7. The SMILES string of the molecule is CCC(C)CN(C)CCC(=O)Nc1c(Cl)cc(N)cc1Cl. The fraction of sp³-hybridized carbons (Fsp3) is 0.533. The van der Waals surface area contributed by atoms with Gasteiger partial charge in [0.15, 0.2) is 0 Å². The number of nitrogen functional groups attached to an aromatic ring is 1. The maximum absolute atomic E-state index is 12.0. The van der Waals surface area contributed by atoms with E-state index >= 15 is 0 Å². The third-order valence-electron chi connectivity index (χ3n) is 3.37. The third kappa shape index (κ3) is 6.12. The van der Waals surface area contributed by atoms with Crippen LogP contribution < -0.4 is 11.1 Å². The molecular weight excluding hydrogens is 309 g/mol. The highest BCUT2D eigenvalue weighted by molar-refractivity contribution is 6.40. The molecule has 0 saturated carbocycles. The second-order valence-corrected chi connectivity index (χ2v) is 6.25. The summed E-state index contributed by atoms with van der Waals surface area (Å²) in [4.78, 5) is 14.1. The van der Waals surface area contributed by atoms with Gasteiger partial charge in [0.05, 0.1) is 15.7 Å². The summed E-state index contributed by atoms with van der Waals surface area (Å²) >= 11 is 12.1. The smallest absolute Gasteiger partial charge is 0.225 e. The van der Waals surface area contributed by atoms with E-state index in [0.29, 0.717) is 40.3 Å². The van der Waals surface area contributed by atoms with Gasteiger partial charge < -0.3 is 16.0 Å². The zero-order valence-corrected chi connectivity index (χ0v) is 14.3. The first-order chi connectivity index (χ1) is 9.83. The zero-order chi connectivity index (χ0) is 16.0. The molecule has 0 aliphatic carbocycles. The number of carbonyl (C=O) groups excluding carboxylic acids is 1. The van der Waals surface area contributed by atoms with Gasteiger partial charge in [0.2, 0.25) is 5.91 Å². The summed E-state index contributed by atoms with van der Waals surface area (Å²) in [5, 5.41) is 3.44. The minimum atomic E-state index is -0.112. The number of rotatable bonds is 7. The van der Waals surface area contributed by atoms with Crippen molar-refractivity contribution in [2.75, 3.05) is 31.2 Å². The summed E-state index contributed by atoms with van der Waals surface area (Å²) < 4.78 is 0. The van der Waals surface area contributed by atoms with E-state index in [1.807, 2.05) is 7.05 Å². The Bertz CT molecular complexity index is 471. The molecule has 0 radical (unpaired) electrons. The number of carbonyl (C=O) groups is 1. The summed E-state index contributed by atoms with van der Waals surface area (Å²) in [5.74, 6) is 0.513. The molecule has 6 heteroatoms. The van der Waals surface area contributed by atoms with Crippen molar-refractivity contribution in [3.63, 3.8) is 0 Å². The van der Waals surface area contributed by atoms with E-state index in [0.717, 1.165) is 13.0 Å². The predicted octanol–water partition coefficient (Wildman–Crippen LogP) is 3.88. The Labute approximate surface area is 136 Å². The average molecular weight is 332 g/mol. The molecule has 3 N–H and O–H groups in total. The van der Waals surface area contributed by atoms with Gasteiger partial charge in [-0.1, -0.05) is 43.5 Å². The molecule has 21 heavy (non-hydrogen) atoms. The van der Waals surface area contributed by atoms with Crippen LogP contribution >= 0.6 is 23.2 Å². The van der Waals surface area contributed by atoms with Crippen LogP contribution in [-0.2, 0) is 4.79 Å². The summed E-state index contributed by atoms with van der Waals surface area (Å²) in [6.45, 7) is 6.04. The minimum Gasteiger partial charge on any atom is -0.399 e. The van der Waals surface area contributed by atoms with Crippen molar-refractivity contribution < 1.29 is 4.79 Å². The van der Waals surface area contributed by atoms with E-state index in [-0.39, 0.29) is 5.91 Å². The van der Waals surface area contributed by atoms with Crippen molar-refractivity contribution in [1.29, 1.82) is 0 Å². The lowest BCUT2D eigenvalue weighted by atomic mass is 10.1. The van der Waals surface area contributed by atoms with Gasteiger partial charge in [-0.25, -0.2) is 0 Å². The molecule has 0 fully saturated rings. The lowest BCUT2D eigenvalue weighted by Gasteiger charge is -2.20. The van der Waals surface area contributed by atoms with Crippen LogP contribution in [0.3, 0.4) is 0 Å². The first-order valence-electron chi connectivity index (χ1n) is 7.06. The highest BCUT2D eigenvalue weighted by Crippen LogP contribution is 2.32. The van der Waals surface area contributed by atoms with Gasteiger partial charge in [0, 0.05) is 25.2 Å². The van der Waals surface area contributed by atoms with Gasteiger partial charge in [0.25, 0.3) is 0 Å². The molecule has 0 spiro atoms. The van der Waals surface area contributed by atoms with Gasteiger partial charge in [-0.15, -0.1) is 0 Å². The second-order valence-electron chi connectivity index (χ2n) is 5.43. The Balaban J connectivity index is 2.51. The standard InChI is InChI=1S/C15H23Cl2N3O/c1-4-10(2)9-20(3)6-5-14(21)19-15-12(16)7-11(18)8-13(15)17/h7-8,10H,4-6,9,18H2,1-3H3,(H,19,21). The molecule has 1 aromatic rings. The normalized spacial score (nSPS) is 12.5. The summed E-state index contributed by atoms with van der Waals surface area (Å²) in [5.41, 5.74) is 6.52. The van der Waals surface area contributed by atoms with Crippen LogP contribution in [0.5, 0.6) is 0 Å². The number of nitrogens with one attached hydrogen (secondary N) is 1. The fourth-order valence-electron chi connectivity index (χ4n) is 1.96. The molecule has 1 aromatic carbocycles. The van der Waals surface area contributed by atoms with Gasteiger partial charge in [-0.3, -0.25) is 4.79 Å². The van der Waals surface area contributed by atoms with E-state index < -0.39 is 0 Å². The number of benzene rings is 1. The number of hydrogen-bond acceptors (Lipinski definition) is 3. The van der Waals surface area contributed by atoms with Crippen LogP contribution in [0, 0.1) is 5.92 Å². The molecule has 1 rings (SSSR count). The molecule has 118 valence electrons. The van der Waals surface area contributed by atoms with E-state index in [1.165, 1.54) is 0 Å². The number of anilines is 2. The Kier molecular flexibility index (Phi) is 7.29. The van der Waals surface area contributed by atoms with E-state index in [4.69, 9.17) is 28.9 Å². The average Bonchev–Trinajstić information content (AvgIpc) is 2.40. The highest BCUT2D eigenvalue weighted by Gasteiger charge is 2.12. The molecule has 4 nitrogen and oxygen atoms in total. The van der Waals surface area contributed by atoms with Crippen LogP contribution in [-0.4, -0.2) is 30.9 Å². The predicted molar refractivity (Wildman–Crippen MR) is 91.1 cm³/mol. The summed E-state index contributed by atoms with van der Waals surface area (Å²) in [7, 11) is 2.02. The van der Waals surface area contributed by atoms with Crippen LogP contribution in [0.25, 0.3) is 0 Å². The minimum absolute atomic E-state index is 0.112. The molecule has 0 aliphatic rings. The number of nitrogens with two attached hydrogens (primary N) is 1. The molecule has 1 atom stereocenters. The first kappa shape index (κ1) is 18.1. The molecule has 0 aliphatic heterocycles. The number of halogens is 2. The van der Waals surface area contributed by atoms with Crippen LogP contribution in [0.4, 0.5) is 11.4 Å². The van der Waals surface area contributed by atoms with Crippen molar-refractivity contribution in [3.8, 4) is 0 Å². The number of nitrogens with zero attached hydrogens (tertiary/aromatic N) is 1. The van der Waals surface area contributed by atoms with Crippen molar-refractivity contribution in [1.82, 2.24) is 4.90 Å². The van der Waals surface area contributed by atoms with Crippen molar-refractivity contribution in [2.45, 2.75) is 26.7 Å². The topological polar surface area (TPSA) is 58.4 Å². The second kappa shape index (κ2) is 8.47. The summed E-state index contributed by atoms with van der Waals surface area (Å²) in [6.07, 6.45) is 1.52. The summed E-state index contributed by atoms with van der Waals surface area (Å²) in [6, 6.07) is 3.14. The van der Waals surface area contributed by atoms with E-state index in [9.17, 15) is 4.79 Å². The molecule has 0 bridgehead atoms. The quantitative estimate of drug-likeness (QED) is 0.745. The van der Waals surface area contributed by atoms with Gasteiger partial charge in [-0.2, -0.15) is 0 Å². The molecule has 0 aromatic heterocycles. The van der Waals surface area contributed by atoms with Crippen LogP contribution in [0.15, 0.2) is 12.1 Å². The van der Waals surface area contributed by atoms with Gasteiger partial charge in [-0.05, 0) is 25.1 Å². The molecule has 0 saturated heterocycles. The van der Waals surface area contributed by atoms with Gasteiger partial charge >= 0.3 is 0 Å². The van der Waals surface area contributed by atoms with Crippen molar-refractivity contribution in [2.24, 2.45) is 5.92 Å². The first-order valence-corrected chi connectivity index (χ1v) is 7.82. The Morgan fingerprint density at radius 3 is 2.48 bits per heavy atom. The molecule has 1 amide bonds. The lowest BCUT2D eigenvalue weighted by Crippen LogP contribution is -2.28. The monoisotopic (exact) mass is 331 g/mol. The Hall–Kier alpha value is -0.970. The van der Waals surface area contributed by atoms with Crippen LogP contribution in [0.2, 0.25) is 10.0 Å². The molecular formula is C15H23Cl2N3O. The number of amides is 1. The van der Waals surface area contributed by atoms with E-state index in [1.54, 1.807) is 12.1 Å². The van der Waals surface area contributed by atoms with Crippen molar-refractivity contribution >= 4 is 40.5 Å². The maximum atomic E-state index is 12.0. The Morgan fingerprint density at radius 2 is 1.95 bits per heavy atom.